The largest absolute Gasteiger partial charge is 0.508 e. The van der Waals surface area contributed by atoms with Crippen molar-refractivity contribution in [2.45, 2.75) is 13.0 Å². The lowest BCUT2D eigenvalue weighted by atomic mass is 10.0. The first kappa shape index (κ1) is 12.1. The number of epoxide rings is 1. The minimum absolute atomic E-state index is 0.277. The third kappa shape index (κ3) is 2.88. The molecule has 0 aliphatic carbocycles. The lowest BCUT2D eigenvalue weighted by Gasteiger charge is -2.08. The normalized spacial score (nSPS) is 17.2. The van der Waals surface area contributed by atoms with Crippen LogP contribution in [0.25, 0.3) is 11.1 Å². The summed E-state index contributed by atoms with van der Waals surface area (Å²) in [7, 11) is 0. The summed E-state index contributed by atoms with van der Waals surface area (Å²) in [5.74, 6) is 1.15. The lowest BCUT2D eigenvalue weighted by molar-refractivity contribution is 0.263. The van der Waals surface area contributed by atoms with Crippen molar-refractivity contribution in [2.75, 3.05) is 13.2 Å². The van der Waals surface area contributed by atoms with E-state index in [0.717, 1.165) is 29.0 Å². The highest BCUT2D eigenvalue weighted by Gasteiger charge is 2.22. The van der Waals surface area contributed by atoms with Gasteiger partial charge >= 0.3 is 0 Å². The van der Waals surface area contributed by atoms with E-state index in [1.807, 2.05) is 37.3 Å². The Labute approximate surface area is 112 Å². The minimum atomic E-state index is 0.277. The molecule has 3 nitrogen and oxygen atoms in total. The quantitative estimate of drug-likeness (QED) is 0.854. The van der Waals surface area contributed by atoms with E-state index in [2.05, 4.69) is 0 Å². The Morgan fingerprint density at radius 3 is 2.58 bits per heavy atom. The number of hydrogen-bond donors (Lipinski definition) is 1. The van der Waals surface area contributed by atoms with Crippen molar-refractivity contribution in [2.24, 2.45) is 0 Å². The zero-order valence-corrected chi connectivity index (χ0v) is 10.8. The van der Waals surface area contributed by atoms with E-state index in [1.54, 1.807) is 12.1 Å². The Balaban J connectivity index is 1.76. The second-order valence-electron chi connectivity index (χ2n) is 4.79. The highest BCUT2D eigenvalue weighted by molar-refractivity contribution is 5.68. The van der Waals surface area contributed by atoms with Crippen molar-refractivity contribution in [3.63, 3.8) is 0 Å². The molecular formula is C16H16O3. The number of benzene rings is 2. The average molecular weight is 256 g/mol. The number of hydrogen-bond acceptors (Lipinski definition) is 3. The van der Waals surface area contributed by atoms with E-state index in [0.29, 0.717) is 12.4 Å². The molecule has 3 rings (SSSR count). The summed E-state index contributed by atoms with van der Waals surface area (Å²) in [6.07, 6.45) is 0.277. The molecule has 1 aliphatic rings. The number of phenolic OH excluding ortho intramolecular Hbond substituents is 1. The Morgan fingerprint density at radius 2 is 1.95 bits per heavy atom. The van der Waals surface area contributed by atoms with Gasteiger partial charge in [-0.3, -0.25) is 0 Å². The zero-order valence-electron chi connectivity index (χ0n) is 10.8. The Kier molecular flexibility index (Phi) is 3.13. The third-order valence-corrected chi connectivity index (χ3v) is 3.21. The topological polar surface area (TPSA) is 42.0 Å². The summed E-state index contributed by atoms with van der Waals surface area (Å²) in [5, 5.41) is 9.42. The molecule has 1 saturated heterocycles. The number of aryl methyl sites for hydroxylation is 1. The molecule has 0 aromatic heterocycles. The molecule has 2 aromatic carbocycles. The number of rotatable bonds is 4. The van der Waals surface area contributed by atoms with Gasteiger partial charge in [0.15, 0.2) is 0 Å². The molecule has 98 valence electrons. The van der Waals surface area contributed by atoms with Gasteiger partial charge in [-0.15, -0.1) is 0 Å². The first-order valence-corrected chi connectivity index (χ1v) is 6.37. The van der Waals surface area contributed by atoms with Gasteiger partial charge in [0.1, 0.15) is 24.2 Å². The maximum atomic E-state index is 9.42. The number of aromatic hydroxyl groups is 1. The van der Waals surface area contributed by atoms with E-state index in [9.17, 15) is 5.11 Å². The molecule has 0 saturated carbocycles. The van der Waals surface area contributed by atoms with E-state index >= 15 is 0 Å². The van der Waals surface area contributed by atoms with Crippen LogP contribution >= 0.6 is 0 Å². The summed E-state index contributed by atoms with van der Waals surface area (Å²) in [5.41, 5.74) is 3.29. The molecule has 0 bridgehead atoms. The van der Waals surface area contributed by atoms with Crippen LogP contribution < -0.4 is 4.74 Å². The van der Waals surface area contributed by atoms with Crippen LogP contribution in [-0.2, 0) is 4.74 Å². The van der Waals surface area contributed by atoms with Crippen molar-refractivity contribution in [3.05, 3.63) is 48.0 Å². The van der Waals surface area contributed by atoms with E-state index in [-0.39, 0.29) is 6.10 Å². The van der Waals surface area contributed by atoms with Crippen molar-refractivity contribution < 1.29 is 14.6 Å². The third-order valence-electron chi connectivity index (χ3n) is 3.21. The van der Waals surface area contributed by atoms with Crippen LogP contribution in [0.5, 0.6) is 11.5 Å². The molecule has 1 unspecified atom stereocenters. The van der Waals surface area contributed by atoms with Gasteiger partial charge in [0.2, 0.25) is 0 Å². The summed E-state index contributed by atoms with van der Waals surface area (Å²) >= 11 is 0. The molecule has 3 heteroatoms. The fraction of sp³-hybridized carbons (Fsp3) is 0.250. The van der Waals surface area contributed by atoms with E-state index in [1.165, 1.54) is 0 Å². The Bertz CT molecular complexity index is 571. The van der Waals surface area contributed by atoms with Crippen LogP contribution in [0, 0.1) is 6.92 Å². The number of ether oxygens (including phenoxy) is 2. The molecular weight excluding hydrogens is 240 g/mol. The van der Waals surface area contributed by atoms with E-state index in [4.69, 9.17) is 9.47 Å². The fourth-order valence-electron chi connectivity index (χ4n) is 2.06. The van der Waals surface area contributed by atoms with Gasteiger partial charge in [-0.05, 0) is 47.9 Å². The zero-order chi connectivity index (χ0) is 13.2. The van der Waals surface area contributed by atoms with Gasteiger partial charge in [-0.25, -0.2) is 0 Å². The molecule has 1 N–H and O–H groups in total. The van der Waals surface area contributed by atoms with Crippen LogP contribution in [0.3, 0.4) is 0 Å². The van der Waals surface area contributed by atoms with Gasteiger partial charge < -0.3 is 14.6 Å². The molecule has 1 atom stereocenters. The monoisotopic (exact) mass is 256 g/mol. The summed E-state index contributed by atoms with van der Waals surface area (Å²) in [6.45, 7) is 3.42. The van der Waals surface area contributed by atoms with E-state index < -0.39 is 0 Å². The molecule has 1 aliphatic heterocycles. The Hall–Kier alpha value is -2.00. The Morgan fingerprint density at radius 1 is 1.21 bits per heavy atom. The highest BCUT2D eigenvalue weighted by atomic mass is 16.6. The molecule has 19 heavy (non-hydrogen) atoms. The molecule has 2 aromatic rings. The standard InChI is InChI=1S/C16H16O3/c1-11-8-13(17)4-7-16(11)12-2-5-14(6-3-12)18-9-15-10-19-15/h2-8,15,17H,9-10H2,1H3. The maximum Gasteiger partial charge on any atom is 0.119 e. The van der Waals surface area contributed by atoms with Gasteiger partial charge in [0.05, 0.1) is 6.61 Å². The smallest absolute Gasteiger partial charge is 0.119 e. The van der Waals surface area contributed by atoms with Gasteiger partial charge in [-0.1, -0.05) is 18.2 Å². The summed E-state index contributed by atoms with van der Waals surface area (Å²) < 4.78 is 10.7. The summed E-state index contributed by atoms with van der Waals surface area (Å²) in [4.78, 5) is 0. The second-order valence-corrected chi connectivity index (χ2v) is 4.79. The first-order chi connectivity index (χ1) is 9.22. The molecule has 0 radical (unpaired) electrons. The van der Waals surface area contributed by atoms with Crippen LogP contribution in [0.2, 0.25) is 0 Å². The molecule has 1 fully saturated rings. The maximum absolute atomic E-state index is 9.42. The first-order valence-electron chi connectivity index (χ1n) is 6.37. The minimum Gasteiger partial charge on any atom is -0.508 e. The molecule has 1 heterocycles. The van der Waals surface area contributed by atoms with Gasteiger partial charge in [0, 0.05) is 0 Å². The van der Waals surface area contributed by atoms with Crippen LogP contribution in [0.1, 0.15) is 5.56 Å². The fourth-order valence-corrected chi connectivity index (χ4v) is 2.06. The van der Waals surface area contributed by atoms with Crippen molar-refractivity contribution in [1.29, 1.82) is 0 Å². The second kappa shape index (κ2) is 4.94. The molecule has 0 spiro atoms. The van der Waals surface area contributed by atoms with Crippen molar-refractivity contribution in [1.82, 2.24) is 0 Å². The SMILES string of the molecule is Cc1cc(O)ccc1-c1ccc(OCC2CO2)cc1. The van der Waals surface area contributed by atoms with Crippen LogP contribution in [0.15, 0.2) is 42.5 Å². The van der Waals surface area contributed by atoms with Gasteiger partial charge in [0.25, 0.3) is 0 Å². The van der Waals surface area contributed by atoms with Gasteiger partial charge in [-0.2, -0.15) is 0 Å². The average Bonchev–Trinajstić information content (AvgIpc) is 3.21. The predicted molar refractivity (Wildman–Crippen MR) is 73.5 cm³/mol. The molecule has 0 amide bonds. The number of phenols is 1. The van der Waals surface area contributed by atoms with Crippen LogP contribution in [0.4, 0.5) is 0 Å². The van der Waals surface area contributed by atoms with Crippen molar-refractivity contribution >= 4 is 0 Å². The summed E-state index contributed by atoms with van der Waals surface area (Å²) in [6, 6.07) is 13.4. The highest BCUT2D eigenvalue weighted by Crippen LogP contribution is 2.28. The predicted octanol–water partition coefficient (Wildman–Crippen LogP) is 3.15. The van der Waals surface area contributed by atoms with Crippen molar-refractivity contribution in [3.8, 4) is 22.6 Å². The lowest BCUT2D eigenvalue weighted by Crippen LogP contribution is -2.03. The van der Waals surface area contributed by atoms with Crippen LogP contribution in [-0.4, -0.2) is 24.4 Å².